The van der Waals surface area contributed by atoms with Gasteiger partial charge in [-0.15, -0.1) is 0 Å². The van der Waals surface area contributed by atoms with E-state index in [9.17, 15) is 30.3 Å². The summed E-state index contributed by atoms with van der Waals surface area (Å²) >= 11 is 0. The van der Waals surface area contributed by atoms with E-state index in [0.29, 0.717) is 12.3 Å². The van der Waals surface area contributed by atoms with Gasteiger partial charge in [-0.25, -0.2) is 0 Å². The molecule has 0 aromatic rings. The molecule has 10 atom stereocenters. The lowest BCUT2D eigenvalue weighted by Crippen LogP contribution is -2.61. The van der Waals surface area contributed by atoms with Crippen molar-refractivity contribution in [1.29, 1.82) is 0 Å². The fourth-order valence-corrected chi connectivity index (χ4v) is 3.82. The number of rotatable bonds is 0. The topological polar surface area (TPSA) is 164 Å². The molecule has 4 heterocycles. The Bertz CT molecular complexity index is 656. The Labute approximate surface area is 186 Å². The van der Waals surface area contributed by atoms with Gasteiger partial charge in [0.15, 0.2) is 18.9 Å². The van der Waals surface area contributed by atoms with Crippen molar-refractivity contribution < 1.29 is 54.0 Å². The van der Waals surface area contributed by atoms with Crippen LogP contribution in [0.3, 0.4) is 0 Å². The van der Waals surface area contributed by atoms with Gasteiger partial charge in [-0.05, 0) is 37.7 Å². The molecule has 32 heavy (non-hydrogen) atoms. The Hall–Kier alpha value is -1.15. The first-order valence-corrected chi connectivity index (χ1v) is 11.0. The molecule has 2 fully saturated rings. The molecule has 11 nitrogen and oxygen atoms in total. The van der Waals surface area contributed by atoms with E-state index in [0.717, 1.165) is 18.4 Å². The van der Waals surface area contributed by atoms with E-state index in [1.54, 1.807) is 0 Å². The van der Waals surface area contributed by atoms with Gasteiger partial charge >= 0.3 is 5.97 Å². The number of ether oxygens (including phenoxy) is 5. The number of carbonyl (C=O) groups is 1. The third-order valence-corrected chi connectivity index (χ3v) is 6.06. The lowest BCUT2D eigenvalue weighted by atomic mass is 9.95. The van der Waals surface area contributed by atoms with E-state index >= 15 is 0 Å². The van der Waals surface area contributed by atoms with Crippen molar-refractivity contribution >= 4 is 5.97 Å². The number of hydrogen-bond acceptors (Lipinski definition) is 11. The Morgan fingerprint density at radius 3 is 2.19 bits per heavy atom. The molecular formula is C21H34O11. The molecule has 5 N–H and O–H groups in total. The van der Waals surface area contributed by atoms with Crippen LogP contribution in [0.15, 0.2) is 11.6 Å². The number of aliphatic hydroxyl groups excluding tert-OH is 5. The van der Waals surface area contributed by atoms with Gasteiger partial charge in [0.05, 0.1) is 13.2 Å². The van der Waals surface area contributed by atoms with Crippen LogP contribution in [0.1, 0.15) is 33.1 Å². The minimum absolute atomic E-state index is 0.0646. The summed E-state index contributed by atoms with van der Waals surface area (Å²) < 4.78 is 27.1. The van der Waals surface area contributed by atoms with E-state index in [2.05, 4.69) is 6.92 Å². The molecule has 4 aliphatic rings. The molecule has 4 rings (SSSR count). The first kappa shape index (κ1) is 25.5. The lowest BCUT2D eigenvalue weighted by Gasteiger charge is -2.43. The molecule has 0 aromatic heterocycles. The number of aliphatic hydroxyl groups is 5. The molecule has 0 radical (unpaired) electrons. The van der Waals surface area contributed by atoms with Crippen molar-refractivity contribution in [2.24, 2.45) is 11.8 Å². The normalized spacial score (nSPS) is 45.2. The summed E-state index contributed by atoms with van der Waals surface area (Å²) in [5.41, 5.74) is 0.862. The summed E-state index contributed by atoms with van der Waals surface area (Å²) in [5.74, 6) is -1.54. The fourth-order valence-electron chi connectivity index (χ4n) is 3.82. The van der Waals surface area contributed by atoms with Crippen LogP contribution < -0.4 is 0 Å². The number of carbonyl (C=O) groups excluding carboxylic acids is 1. The van der Waals surface area contributed by atoms with Gasteiger partial charge < -0.3 is 49.2 Å². The first-order chi connectivity index (χ1) is 15.2. The van der Waals surface area contributed by atoms with Gasteiger partial charge in [-0.2, -0.15) is 0 Å². The van der Waals surface area contributed by atoms with Crippen LogP contribution >= 0.6 is 0 Å². The Morgan fingerprint density at radius 1 is 0.844 bits per heavy atom. The van der Waals surface area contributed by atoms with Crippen LogP contribution in [-0.4, -0.2) is 101 Å². The fraction of sp³-hybridized carbons (Fsp3) is 0.857. The number of allylic oxidation sites excluding steroid dienone is 1. The minimum Gasteiger partial charge on any atom is -0.461 e. The zero-order valence-electron chi connectivity index (χ0n) is 18.3. The van der Waals surface area contributed by atoms with Crippen LogP contribution in [-0.2, 0) is 28.5 Å². The standard InChI is InChI=1S/C21H34O11/c1-10-4-3-5-11(2)8-29-18(27)12-9-30-20(15(24)13(12)22)32-21-17(26)14(23)16(25)19(31-21)28-7-6-10/h5,10,12-17,19-26H,3-4,6-9H2,1-2H3. The summed E-state index contributed by atoms with van der Waals surface area (Å²) in [4.78, 5) is 12.4. The average molecular weight is 462 g/mol. The number of esters is 1. The quantitative estimate of drug-likeness (QED) is 0.217. The Kier molecular flexibility index (Phi) is 9.01. The molecule has 4 aliphatic heterocycles. The number of fused-ring (bicyclic) bond motifs is 11. The van der Waals surface area contributed by atoms with E-state index in [4.69, 9.17) is 23.7 Å². The van der Waals surface area contributed by atoms with Crippen molar-refractivity contribution in [2.75, 3.05) is 19.8 Å². The molecule has 0 amide bonds. The van der Waals surface area contributed by atoms with Crippen LogP contribution in [0, 0.1) is 11.8 Å². The Morgan fingerprint density at radius 2 is 1.47 bits per heavy atom. The van der Waals surface area contributed by atoms with Crippen LogP contribution in [0.25, 0.3) is 0 Å². The third kappa shape index (κ3) is 6.04. The largest absolute Gasteiger partial charge is 0.461 e. The highest BCUT2D eigenvalue weighted by Crippen LogP contribution is 2.29. The van der Waals surface area contributed by atoms with E-state index in [1.165, 1.54) is 0 Å². The molecule has 2 saturated heterocycles. The van der Waals surface area contributed by atoms with E-state index in [1.807, 2.05) is 13.0 Å². The second-order valence-electron chi connectivity index (χ2n) is 8.77. The molecule has 11 heteroatoms. The van der Waals surface area contributed by atoms with Crippen LogP contribution in [0.2, 0.25) is 0 Å². The summed E-state index contributed by atoms with van der Waals surface area (Å²) in [6, 6.07) is 0. The highest BCUT2D eigenvalue weighted by atomic mass is 16.8. The maximum Gasteiger partial charge on any atom is 0.314 e. The van der Waals surface area contributed by atoms with Crippen molar-refractivity contribution in [1.82, 2.24) is 0 Å². The predicted octanol–water partition coefficient (Wildman–Crippen LogP) is -1.21. The van der Waals surface area contributed by atoms with Crippen molar-refractivity contribution in [3.8, 4) is 0 Å². The second kappa shape index (κ2) is 11.3. The zero-order valence-corrected chi connectivity index (χ0v) is 18.3. The molecule has 10 unspecified atom stereocenters. The van der Waals surface area contributed by atoms with Crippen LogP contribution in [0.4, 0.5) is 0 Å². The van der Waals surface area contributed by atoms with Crippen molar-refractivity contribution in [3.63, 3.8) is 0 Å². The molecule has 184 valence electrons. The second-order valence-corrected chi connectivity index (χ2v) is 8.77. The van der Waals surface area contributed by atoms with Gasteiger partial charge in [-0.3, -0.25) is 4.79 Å². The third-order valence-electron chi connectivity index (χ3n) is 6.06. The van der Waals surface area contributed by atoms with Gasteiger partial charge in [0.2, 0.25) is 0 Å². The average Bonchev–Trinajstić information content (AvgIpc) is 2.76. The van der Waals surface area contributed by atoms with Gasteiger partial charge in [0, 0.05) is 0 Å². The number of hydrogen-bond donors (Lipinski definition) is 5. The Balaban J connectivity index is 1.76. The van der Waals surface area contributed by atoms with Crippen LogP contribution in [0.5, 0.6) is 0 Å². The smallest absolute Gasteiger partial charge is 0.314 e. The van der Waals surface area contributed by atoms with Crippen molar-refractivity contribution in [2.45, 2.75) is 82.5 Å². The minimum atomic E-state index is -1.66. The van der Waals surface area contributed by atoms with E-state index < -0.39 is 61.3 Å². The summed E-state index contributed by atoms with van der Waals surface area (Å²) in [7, 11) is 0. The SMILES string of the molecule is CC1=CCCC(C)CCOC2OC(OC3OCC(C(=O)OC1)C(O)C3O)C(O)C(O)C2O. The van der Waals surface area contributed by atoms with Gasteiger partial charge in [0.1, 0.15) is 43.0 Å². The van der Waals surface area contributed by atoms with Crippen molar-refractivity contribution in [3.05, 3.63) is 11.6 Å². The van der Waals surface area contributed by atoms with Gasteiger partial charge in [0.25, 0.3) is 0 Å². The molecule has 0 saturated carbocycles. The summed E-state index contributed by atoms with van der Waals surface area (Å²) in [6.07, 6.45) is -7.99. The summed E-state index contributed by atoms with van der Waals surface area (Å²) in [6.45, 7) is 3.90. The highest BCUT2D eigenvalue weighted by molar-refractivity contribution is 5.73. The zero-order chi connectivity index (χ0) is 23.4. The molecule has 0 spiro atoms. The van der Waals surface area contributed by atoms with E-state index in [-0.39, 0.29) is 19.8 Å². The molecule has 4 bridgehead atoms. The highest BCUT2D eigenvalue weighted by Gasteiger charge is 2.49. The molecule has 0 aromatic carbocycles. The first-order valence-electron chi connectivity index (χ1n) is 11.0. The van der Waals surface area contributed by atoms with Gasteiger partial charge in [-0.1, -0.05) is 13.0 Å². The summed E-state index contributed by atoms with van der Waals surface area (Å²) in [5, 5.41) is 51.4. The maximum atomic E-state index is 12.4. The monoisotopic (exact) mass is 462 g/mol. The molecular weight excluding hydrogens is 428 g/mol. The molecule has 0 aliphatic carbocycles. The maximum absolute atomic E-state index is 12.4. The predicted molar refractivity (Wildman–Crippen MR) is 107 cm³/mol. The lowest BCUT2D eigenvalue weighted by molar-refractivity contribution is -0.389.